The van der Waals surface area contributed by atoms with Gasteiger partial charge in [0.15, 0.2) is 5.16 Å². The molecule has 0 unspecified atom stereocenters. The van der Waals surface area contributed by atoms with Crippen LogP contribution < -0.4 is 15.6 Å². The monoisotopic (exact) mass is 423 g/mol. The Morgan fingerprint density at radius 1 is 1.13 bits per heavy atom. The number of aromatic nitrogens is 2. The molecule has 2 aromatic carbocycles. The molecule has 0 fully saturated rings. The maximum Gasteiger partial charge on any atom is 0.254 e. The number of hydrogen-bond donors (Lipinski definition) is 1. The van der Waals surface area contributed by atoms with Gasteiger partial charge in [-0.1, -0.05) is 54.2 Å². The third kappa shape index (κ3) is 5.97. The van der Waals surface area contributed by atoms with Gasteiger partial charge in [0.25, 0.3) is 5.56 Å². The summed E-state index contributed by atoms with van der Waals surface area (Å²) in [7, 11) is 0. The van der Waals surface area contributed by atoms with Crippen molar-refractivity contribution in [3.63, 3.8) is 0 Å². The van der Waals surface area contributed by atoms with Crippen molar-refractivity contribution in [3.8, 4) is 5.75 Å². The molecule has 0 radical (unpaired) electrons. The summed E-state index contributed by atoms with van der Waals surface area (Å²) in [6, 6.07) is 18.8. The highest BCUT2D eigenvalue weighted by atomic mass is 32.2. The number of ether oxygens (including phenoxy) is 1. The van der Waals surface area contributed by atoms with Crippen LogP contribution in [0.15, 0.2) is 70.6 Å². The molecule has 3 rings (SSSR count). The van der Waals surface area contributed by atoms with E-state index in [4.69, 9.17) is 4.74 Å². The Morgan fingerprint density at radius 2 is 1.87 bits per heavy atom. The number of anilines is 1. The van der Waals surface area contributed by atoms with E-state index in [9.17, 15) is 9.59 Å². The molecule has 30 heavy (non-hydrogen) atoms. The zero-order valence-corrected chi connectivity index (χ0v) is 17.9. The van der Waals surface area contributed by atoms with E-state index >= 15 is 0 Å². The summed E-state index contributed by atoms with van der Waals surface area (Å²) in [6.07, 6.45) is 0.850. The van der Waals surface area contributed by atoms with Crippen molar-refractivity contribution >= 4 is 23.4 Å². The number of carbonyl (C=O) groups is 1. The molecule has 0 bridgehead atoms. The SMILES string of the molecule is CCOc1ccccc1NC(=O)Cn1c(SCCc2ccccc2)nc(C)cc1=O. The first kappa shape index (κ1) is 21.6. The number of hydrogen-bond acceptors (Lipinski definition) is 5. The largest absolute Gasteiger partial charge is 0.492 e. The van der Waals surface area contributed by atoms with Crippen LogP contribution in [0, 0.1) is 6.92 Å². The molecule has 156 valence electrons. The number of rotatable bonds is 9. The topological polar surface area (TPSA) is 73.2 Å². The van der Waals surface area contributed by atoms with Crippen molar-refractivity contribution in [3.05, 3.63) is 82.3 Å². The highest BCUT2D eigenvalue weighted by molar-refractivity contribution is 7.99. The molecular formula is C23H25N3O3S. The molecule has 7 heteroatoms. The summed E-state index contributed by atoms with van der Waals surface area (Å²) in [5.41, 5.74) is 2.20. The van der Waals surface area contributed by atoms with Gasteiger partial charge in [-0.3, -0.25) is 14.2 Å². The van der Waals surface area contributed by atoms with E-state index in [2.05, 4.69) is 22.4 Å². The molecule has 0 spiro atoms. The second-order valence-electron chi connectivity index (χ2n) is 6.67. The number of carbonyl (C=O) groups excluding carboxylic acids is 1. The number of thioether (sulfide) groups is 1. The van der Waals surface area contributed by atoms with E-state index in [0.717, 1.165) is 12.2 Å². The fourth-order valence-electron chi connectivity index (χ4n) is 2.94. The summed E-state index contributed by atoms with van der Waals surface area (Å²) >= 11 is 1.48. The molecule has 0 aliphatic rings. The van der Waals surface area contributed by atoms with Crippen LogP contribution in [0.1, 0.15) is 18.2 Å². The number of nitrogens with one attached hydrogen (secondary N) is 1. The fourth-order valence-corrected chi connectivity index (χ4v) is 3.98. The van der Waals surface area contributed by atoms with Crippen LogP contribution in [0.25, 0.3) is 0 Å². The first-order valence-corrected chi connectivity index (χ1v) is 10.8. The Morgan fingerprint density at radius 3 is 2.63 bits per heavy atom. The maximum atomic E-state index is 12.7. The average Bonchev–Trinajstić information content (AvgIpc) is 2.73. The second kappa shape index (κ2) is 10.6. The molecule has 0 aliphatic carbocycles. The van der Waals surface area contributed by atoms with Gasteiger partial charge in [-0.15, -0.1) is 0 Å². The van der Waals surface area contributed by atoms with Gasteiger partial charge in [0.2, 0.25) is 5.91 Å². The van der Waals surface area contributed by atoms with Crippen LogP contribution in [0.2, 0.25) is 0 Å². The highest BCUT2D eigenvalue weighted by Gasteiger charge is 2.14. The molecule has 1 aromatic heterocycles. The van der Waals surface area contributed by atoms with Crippen LogP contribution in [0.4, 0.5) is 5.69 Å². The minimum Gasteiger partial charge on any atom is -0.492 e. The Labute approximate surface area is 180 Å². The lowest BCUT2D eigenvalue weighted by atomic mass is 10.2. The standard InChI is InChI=1S/C23H25N3O3S/c1-3-29-20-12-8-7-11-19(20)25-21(27)16-26-22(28)15-17(2)24-23(26)30-14-13-18-9-5-4-6-10-18/h4-12,15H,3,13-14,16H2,1-2H3,(H,25,27). The number of para-hydroxylation sites is 2. The Kier molecular flexibility index (Phi) is 7.68. The van der Waals surface area contributed by atoms with Gasteiger partial charge in [0.1, 0.15) is 12.3 Å². The van der Waals surface area contributed by atoms with Crippen LogP contribution in [0.3, 0.4) is 0 Å². The minimum atomic E-state index is -0.306. The molecule has 0 aliphatic heterocycles. The van der Waals surface area contributed by atoms with Gasteiger partial charge in [-0.2, -0.15) is 0 Å². The minimum absolute atomic E-state index is 0.111. The average molecular weight is 424 g/mol. The van der Waals surface area contributed by atoms with Gasteiger partial charge in [0.05, 0.1) is 12.3 Å². The number of nitrogens with zero attached hydrogens (tertiary/aromatic N) is 2. The summed E-state index contributed by atoms with van der Waals surface area (Å²) in [5.74, 6) is 1.05. The fraction of sp³-hybridized carbons (Fsp3) is 0.261. The second-order valence-corrected chi connectivity index (χ2v) is 7.73. The van der Waals surface area contributed by atoms with E-state index in [1.165, 1.54) is 28.0 Å². The zero-order valence-electron chi connectivity index (χ0n) is 17.1. The molecule has 1 amide bonds. The summed E-state index contributed by atoms with van der Waals surface area (Å²) < 4.78 is 6.96. The summed E-state index contributed by atoms with van der Waals surface area (Å²) in [5, 5.41) is 3.38. The normalized spacial score (nSPS) is 10.6. The van der Waals surface area contributed by atoms with Crippen LogP contribution in [-0.2, 0) is 17.8 Å². The molecule has 1 N–H and O–H groups in total. The van der Waals surface area contributed by atoms with E-state index in [1.807, 2.05) is 37.3 Å². The van der Waals surface area contributed by atoms with Gasteiger partial charge in [-0.25, -0.2) is 4.98 Å². The van der Waals surface area contributed by atoms with Crippen molar-refractivity contribution < 1.29 is 9.53 Å². The van der Waals surface area contributed by atoms with Gasteiger partial charge >= 0.3 is 0 Å². The summed E-state index contributed by atoms with van der Waals surface area (Å²) in [4.78, 5) is 29.7. The van der Waals surface area contributed by atoms with E-state index in [1.54, 1.807) is 19.1 Å². The van der Waals surface area contributed by atoms with E-state index < -0.39 is 0 Å². The lowest BCUT2D eigenvalue weighted by Gasteiger charge is -2.14. The lowest BCUT2D eigenvalue weighted by molar-refractivity contribution is -0.116. The molecule has 0 saturated carbocycles. The molecule has 0 saturated heterocycles. The molecule has 0 atom stereocenters. The molecule has 3 aromatic rings. The predicted molar refractivity (Wildman–Crippen MR) is 120 cm³/mol. The summed E-state index contributed by atoms with van der Waals surface area (Å²) in [6.45, 7) is 4.05. The van der Waals surface area contributed by atoms with Crippen molar-refractivity contribution in [1.82, 2.24) is 9.55 Å². The smallest absolute Gasteiger partial charge is 0.254 e. The van der Waals surface area contributed by atoms with Gasteiger partial charge in [-0.05, 0) is 38.0 Å². The van der Waals surface area contributed by atoms with Crippen LogP contribution in [0.5, 0.6) is 5.75 Å². The van der Waals surface area contributed by atoms with Crippen molar-refractivity contribution in [2.24, 2.45) is 0 Å². The first-order valence-electron chi connectivity index (χ1n) is 9.83. The Hall–Kier alpha value is -3.06. The van der Waals surface area contributed by atoms with Crippen molar-refractivity contribution in [2.45, 2.75) is 32.0 Å². The highest BCUT2D eigenvalue weighted by Crippen LogP contribution is 2.24. The quantitative estimate of drug-likeness (QED) is 0.417. The molecule has 6 nitrogen and oxygen atoms in total. The lowest BCUT2D eigenvalue weighted by Crippen LogP contribution is -2.29. The Balaban J connectivity index is 1.72. The third-order valence-corrected chi connectivity index (χ3v) is 5.31. The van der Waals surface area contributed by atoms with Gasteiger partial charge in [0, 0.05) is 17.5 Å². The molecule has 1 heterocycles. The third-order valence-electron chi connectivity index (χ3n) is 4.33. The van der Waals surface area contributed by atoms with Gasteiger partial charge < -0.3 is 10.1 Å². The maximum absolute atomic E-state index is 12.7. The first-order chi connectivity index (χ1) is 14.6. The van der Waals surface area contributed by atoms with Crippen LogP contribution in [-0.4, -0.2) is 27.8 Å². The number of aryl methyl sites for hydroxylation is 2. The predicted octanol–water partition coefficient (Wildman–Crippen LogP) is 3.92. The van der Waals surface area contributed by atoms with E-state index in [-0.39, 0.29) is 18.0 Å². The Bertz CT molecular complexity index is 1050. The number of amides is 1. The van der Waals surface area contributed by atoms with Crippen molar-refractivity contribution in [1.29, 1.82) is 0 Å². The van der Waals surface area contributed by atoms with Crippen LogP contribution >= 0.6 is 11.8 Å². The van der Waals surface area contributed by atoms with E-state index in [0.29, 0.717) is 28.9 Å². The number of benzene rings is 2. The van der Waals surface area contributed by atoms with Crippen molar-refractivity contribution in [2.75, 3.05) is 17.7 Å². The molecular weight excluding hydrogens is 398 g/mol. The zero-order chi connectivity index (χ0) is 21.3.